The molecule has 13 nitrogen and oxygen atoms in total. The van der Waals surface area contributed by atoms with Gasteiger partial charge < -0.3 is 31.5 Å². The van der Waals surface area contributed by atoms with Gasteiger partial charge in [-0.3, -0.25) is 33.7 Å². The number of amides is 2. The Labute approximate surface area is 236 Å². The molecule has 1 aromatic rings. The minimum atomic E-state index is -2.79. The van der Waals surface area contributed by atoms with Crippen LogP contribution in [0.25, 0.3) is 0 Å². The number of anilines is 2. The van der Waals surface area contributed by atoms with Crippen LogP contribution in [0.5, 0.6) is 5.75 Å². The summed E-state index contributed by atoms with van der Waals surface area (Å²) in [6.45, 7) is 0.0128. The van der Waals surface area contributed by atoms with E-state index in [-0.39, 0.29) is 36.7 Å². The van der Waals surface area contributed by atoms with E-state index in [2.05, 4.69) is 10.6 Å². The maximum absolute atomic E-state index is 14.0. The van der Waals surface area contributed by atoms with Gasteiger partial charge in [0, 0.05) is 31.7 Å². The highest BCUT2D eigenvalue weighted by molar-refractivity contribution is 6.32. The number of rotatable bonds is 7. The molecule has 5 rings (SSSR count). The average molecular weight is 570 g/mol. The van der Waals surface area contributed by atoms with Crippen LogP contribution >= 0.6 is 0 Å². The molecule has 6 atom stereocenters. The summed E-state index contributed by atoms with van der Waals surface area (Å²) in [5.74, 6) is -11.7. The molecule has 6 N–H and O–H groups in total. The topological polar surface area (TPSA) is 199 Å². The summed E-state index contributed by atoms with van der Waals surface area (Å²) in [5.41, 5.74) is 3.37. The Kier molecular flexibility index (Phi) is 7.03. The Bertz CT molecular complexity index is 1390. The minimum Gasteiger partial charge on any atom is -0.505 e. The Morgan fingerprint density at radius 2 is 1.76 bits per heavy atom. The third-order valence-electron chi connectivity index (χ3n) is 8.92. The predicted octanol–water partition coefficient (Wildman–Crippen LogP) is -1.38. The molecule has 220 valence electrons. The van der Waals surface area contributed by atoms with Crippen LogP contribution in [0, 0.1) is 23.7 Å². The smallest absolute Gasteiger partial charge is 0.238 e. The molecular weight excluding hydrogens is 534 g/mol. The fraction of sp³-hybridized carbons (Fsp3) is 0.571. The van der Waals surface area contributed by atoms with Crippen molar-refractivity contribution >= 4 is 46.3 Å². The molecule has 0 bridgehead atoms. The summed E-state index contributed by atoms with van der Waals surface area (Å²) in [6.07, 6.45) is 2.05. The zero-order valence-electron chi connectivity index (χ0n) is 23.4. The number of hydrogen-bond donors (Lipinski definition) is 5. The zero-order chi connectivity index (χ0) is 30.1. The quantitative estimate of drug-likeness (QED) is 0.192. The summed E-state index contributed by atoms with van der Waals surface area (Å²) in [4.78, 5) is 82.5. The monoisotopic (exact) mass is 569 g/mol. The van der Waals surface area contributed by atoms with Crippen LogP contribution in [0.2, 0.25) is 0 Å². The Morgan fingerprint density at radius 1 is 1.10 bits per heavy atom. The molecule has 2 amide bonds. The number of phenols is 1. The normalized spacial score (nSPS) is 30.9. The summed E-state index contributed by atoms with van der Waals surface area (Å²) in [7, 11) is 6.54. The number of carbonyl (C=O) groups is 6. The van der Waals surface area contributed by atoms with E-state index in [9.17, 15) is 39.0 Å². The van der Waals surface area contributed by atoms with Gasteiger partial charge in [0.05, 0.1) is 29.8 Å². The Hall–Kier alpha value is -3.68. The largest absolute Gasteiger partial charge is 0.505 e. The molecule has 13 heteroatoms. The molecule has 3 fully saturated rings. The summed E-state index contributed by atoms with van der Waals surface area (Å²) in [6, 6.07) is 0.672. The summed E-state index contributed by atoms with van der Waals surface area (Å²) in [5, 5.41) is 28.6. The van der Waals surface area contributed by atoms with Gasteiger partial charge in [0.2, 0.25) is 11.8 Å². The molecule has 4 unspecified atom stereocenters. The van der Waals surface area contributed by atoms with Gasteiger partial charge in [0.1, 0.15) is 5.75 Å². The average Bonchev–Trinajstić information content (AvgIpc) is 3.70. The highest BCUT2D eigenvalue weighted by Gasteiger charge is 2.69. The number of ketones is 4. The highest BCUT2D eigenvalue weighted by Crippen LogP contribution is 2.52. The van der Waals surface area contributed by atoms with E-state index in [0.29, 0.717) is 11.3 Å². The van der Waals surface area contributed by atoms with Crippen LogP contribution in [0.15, 0.2) is 6.07 Å². The number of fused-ring (bicyclic) bond motifs is 3. The van der Waals surface area contributed by atoms with Crippen LogP contribution in [-0.2, 0) is 30.4 Å². The molecule has 0 spiro atoms. The first-order chi connectivity index (χ1) is 19.2. The number of nitrogens with one attached hydrogen (secondary N) is 2. The van der Waals surface area contributed by atoms with Crippen LogP contribution in [0.3, 0.4) is 0 Å². The second-order valence-electron chi connectivity index (χ2n) is 12.0. The SMILES string of the molecule is CN(C)c1cc(NC(=O)CNC2CC2)c(O)c2c1CC1CC3[C@H](N(C)C)C(=O)C(C(N)=O)C(=O)[C@@]3(O)C(=O)C1C2=O. The van der Waals surface area contributed by atoms with E-state index in [0.717, 1.165) is 12.8 Å². The van der Waals surface area contributed by atoms with Crippen LogP contribution in [-0.4, -0.2) is 102 Å². The number of nitrogens with two attached hydrogens (primary N) is 1. The number of aliphatic hydroxyl groups is 1. The van der Waals surface area contributed by atoms with Crippen LogP contribution in [0.4, 0.5) is 11.4 Å². The summed E-state index contributed by atoms with van der Waals surface area (Å²) >= 11 is 0. The van der Waals surface area contributed by atoms with Gasteiger partial charge in [0.25, 0.3) is 0 Å². The maximum Gasteiger partial charge on any atom is 0.238 e. The van der Waals surface area contributed by atoms with Crippen molar-refractivity contribution in [2.45, 2.75) is 43.4 Å². The van der Waals surface area contributed by atoms with Crippen molar-refractivity contribution in [3.63, 3.8) is 0 Å². The lowest BCUT2D eigenvalue weighted by Gasteiger charge is -2.52. The molecule has 0 saturated heterocycles. The fourth-order valence-corrected chi connectivity index (χ4v) is 6.87. The van der Waals surface area contributed by atoms with Crippen molar-refractivity contribution < 1.29 is 39.0 Å². The van der Waals surface area contributed by atoms with Crippen LogP contribution < -0.4 is 21.3 Å². The fourth-order valence-electron chi connectivity index (χ4n) is 6.87. The Balaban J connectivity index is 1.58. The van der Waals surface area contributed by atoms with Crippen molar-refractivity contribution in [2.24, 2.45) is 29.4 Å². The second kappa shape index (κ2) is 10.00. The van der Waals surface area contributed by atoms with Gasteiger partial charge in [0.15, 0.2) is 34.7 Å². The van der Waals surface area contributed by atoms with Gasteiger partial charge in [-0.15, -0.1) is 0 Å². The van der Waals surface area contributed by atoms with Gasteiger partial charge in [-0.2, -0.15) is 0 Å². The molecule has 0 aliphatic heterocycles. The number of Topliss-reactive ketones (excluding diaryl/α,β-unsaturated/α-hetero) is 4. The number of benzene rings is 1. The van der Waals surface area contributed by atoms with Crippen LogP contribution in [0.1, 0.15) is 35.2 Å². The minimum absolute atomic E-state index is 0.0116. The van der Waals surface area contributed by atoms with E-state index >= 15 is 0 Å². The maximum atomic E-state index is 14.0. The Morgan fingerprint density at radius 3 is 2.32 bits per heavy atom. The zero-order valence-corrected chi connectivity index (χ0v) is 23.4. The molecule has 3 saturated carbocycles. The molecule has 4 aliphatic carbocycles. The number of likely N-dealkylation sites (N-methyl/N-ethyl adjacent to an activating group) is 1. The van der Waals surface area contributed by atoms with Crippen molar-refractivity contribution in [2.75, 3.05) is 45.0 Å². The summed E-state index contributed by atoms with van der Waals surface area (Å²) < 4.78 is 0. The van der Waals surface area contributed by atoms with Gasteiger partial charge in [-0.1, -0.05) is 0 Å². The van der Waals surface area contributed by atoms with Crippen molar-refractivity contribution in [1.82, 2.24) is 10.2 Å². The molecular formula is C28H35N5O8. The number of carbonyl (C=O) groups excluding carboxylic acids is 6. The lowest BCUT2D eigenvalue weighted by Crippen LogP contribution is -2.74. The van der Waals surface area contributed by atoms with Gasteiger partial charge >= 0.3 is 0 Å². The number of hydrogen-bond acceptors (Lipinski definition) is 11. The van der Waals surface area contributed by atoms with Gasteiger partial charge in [-0.25, -0.2) is 0 Å². The number of nitrogens with zero attached hydrogens (tertiary/aromatic N) is 2. The van der Waals surface area contributed by atoms with E-state index in [1.807, 2.05) is 0 Å². The molecule has 0 aromatic heterocycles. The highest BCUT2D eigenvalue weighted by atomic mass is 16.3. The number of primary amides is 1. The lowest BCUT2D eigenvalue weighted by atomic mass is 9.52. The van der Waals surface area contributed by atoms with Crippen molar-refractivity contribution in [3.8, 4) is 5.75 Å². The number of aromatic hydroxyl groups is 1. The van der Waals surface area contributed by atoms with E-state index in [4.69, 9.17) is 5.73 Å². The first-order valence-corrected chi connectivity index (χ1v) is 13.6. The molecule has 0 radical (unpaired) electrons. The van der Waals surface area contributed by atoms with E-state index in [1.54, 1.807) is 25.1 Å². The molecule has 41 heavy (non-hydrogen) atoms. The predicted molar refractivity (Wildman–Crippen MR) is 145 cm³/mol. The van der Waals surface area contributed by atoms with Gasteiger partial charge in [-0.05, 0) is 57.3 Å². The van der Waals surface area contributed by atoms with Crippen molar-refractivity contribution in [1.29, 1.82) is 0 Å². The molecule has 0 heterocycles. The van der Waals surface area contributed by atoms with E-state index in [1.165, 1.54) is 19.0 Å². The molecule has 4 aliphatic rings. The van der Waals surface area contributed by atoms with Crippen molar-refractivity contribution in [3.05, 3.63) is 17.2 Å². The first kappa shape index (κ1) is 28.8. The first-order valence-electron chi connectivity index (χ1n) is 13.6. The van der Waals surface area contributed by atoms with E-state index < -0.39 is 76.0 Å². The molecule has 1 aromatic carbocycles. The standard InChI is InChI=1S/C28H35N5O8/c1-32(2)16-9-15(31-17(34)10-30-12-5-6-12)22(35)19-13(16)7-11-8-14-21(33(3)4)24(37)20(27(29)40)26(39)28(14,41)25(38)18(11)23(19)36/h9,11-12,14,18,20-21,30,35,41H,5-8,10H2,1-4H3,(H2,29,40)(H,31,34)/t11?,14?,18?,20?,21-,28-/m0/s1. The second-order valence-corrected chi connectivity index (χ2v) is 12.0. The third-order valence-corrected chi connectivity index (χ3v) is 8.92. The number of phenolic OH excluding ortho intramolecular Hbond substituents is 1. The lowest BCUT2D eigenvalue weighted by molar-refractivity contribution is -0.181. The third kappa shape index (κ3) is 4.43.